The minimum atomic E-state index is -1.00. The fourth-order valence-electron chi connectivity index (χ4n) is 4.61. The first-order valence-electron chi connectivity index (χ1n) is 17.8. The highest BCUT2D eigenvalue weighted by Crippen LogP contribution is 2.29. The number of carbonyl (C=O) groups excluding carboxylic acids is 3. The zero-order chi connectivity index (χ0) is 39.7. The molecular formula is C39H56F2N2O10. The third-order valence-electron chi connectivity index (χ3n) is 7.18. The van der Waals surface area contributed by atoms with Crippen LogP contribution in [0.3, 0.4) is 0 Å². The van der Waals surface area contributed by atoms with Gasteiger partial charge in [-0.25, -0.2) is 14.0 Å². The lowest BCUT2D eigenvalue weighted by atomic mass is 10.1. The van der Waals surface area contributed by atoms with Gasteiger partial charge in [0.05, 0.1) is 33.1 Å². The number of unbranched alkanes of at least 4 members (excludes halogenated alkanes) is 2. The van der Waals surface area contributed by atoms with Crippen LogP contribution >= 0.6 is 0 Å². The highest BCUT2D eigenvalue weighted by molar-refractivity contribution is 5.90. The second-order valence-electron chi connectivity index (χ2n) is 11.0. The van der Waals surface area contributed by atoms with E-state index in [1.807, 2.05) is 69.3 Å². The number of ether oxygens (including phenoxy) is 4. The first-order chi connectivity index (χ1) is 25.7. The van der Waals surface area contributed by atoms with E-state index in [9.17, 15) is 33.3 Å². The van der Waals surface area contributed by atoms with Crippen LogP contribution in [0.4, 0.5) is 8.78 Å². The van der Waals surface area contributed by atoms with Gasteiger partial charge in [0.2, 0.25) is 5.91 Å². The van der Waals surface area contributed by atoms with Gasteiger partial charge in [0, 0.05) is 6.42 Å². The lowest BCUT2D eigenvalue weighted by Gasteiger charge is -2.11. The predicted octanol–water partition coefficient (Wildman–Crippen LogP) is 8.37. The van der Waals surface area contributed by atoms with Crippen molar-refractivity contribution < 1.29 is 52.0 Å². The molecule has 0 heterocycles. The topological polar surface area (TPSA) is 153 Å². The number of amides is 1. The zero-order valence-corrected chi connectivity index (χ0v) is 31.6. The normalized spacial score (nSPS) is 12.5. The van der Waals surface area contributed by atoms with Gasteiger partial charge in [-0.05, 0) is 81.7 Å². The van der Waals surface area contributed by atoms with Gasteiger partial charge in [-0.2, -0.15) is 0 Å². The van der Waals surface area contributed by atoms with E-state index in [-0.39, 0.29) is 49.3 Å². The van der Waals surface area contributed by atoms with Crippen molar-refractivity contribution >= 4 is 17.8 Å². The lowest BCUT2D eigenvalue weighted by Crippen LogP contribution is -2.31. The quantitative estimate of drug-likeness (QED) is 0.0349. The average Bonchev–Trinajstić information content (AvgIpc) is 3.71. The third-order valence-corrected chi connectivity index (χ3v) is 7.18. The van der Waals surface area contributed by atoms with Crippen molar-refractivity contribution in [3.05, 3.63) is 88.5 Å². The Morgan fingerprint density at radius 1 is 1.00 bits per heavy atom. The van der Waals surface area contributed by atoms with Crippen molar-refractivity contribution in [3.8, 4) is 17.2 Å². The molecule has 1 atom stereocenters. The number of nitrogens with one attached hydrogen (secondary N) is 1. The number of allylic oxidation sites excluding steroid dienone is 3. The van der Waals surface area contributed by atoms with Gasteiger partial charge in [0.25, 0.3) is 5.09 Å². The van der Waals surface area contributed by atoms with E-state index in [4.69, 9.17) is 18.9 Å². The van der Waals surface area contributed by atoms with E-state index in [1.54, 1.807) is 6.08 Å². The Bertz CT molecular complexity index is 1350. The summed E-state index contributed by atoms with van der Waals surface area (Å²) in [6.07, 6.45) is 14.1. The number of esters is 2. The van der Waals surface area contributed by atoms with E-state index in [0.29, 0.717) is 38.8 Å². The summed E-state index contributed by atoms with van der Waals surface area (Å²) in [7, 11) is 1.85. The van der Waals surface area contributed by atoms with E-state index >= 15 is 0 Å². The Labute approximate surface area is 312 Å². The van der Waals surface area contributed by atoms with Crippen LogP contribution in [0.5, 0.6) is 17.2 Å². The summed E-state index contributed by atoms with van der Waals surface area (Å²) < 4.78 is 43.8. The van der Waals surface area contributed by atoms with Crippen LogP contribution in [-0.4, -0.2) is 69.8 Å². The van der Waals surface area contributed by atoms with Crippen molar-refractivity contribution in [2.45, 2.75) is 84.7 Å². The molecule has 0 radical (unpaired) electrons. The fraction of sp³-hybridized carbons (Fsp3) is 0.513. The van der Waals surface area contributed by atoms with Crippen LogP contribution in [0, 0.1) is 16.0 Å². The first kappa shape index (κ1) is 48.0. The fourth-order valence-corrected chi connectivity index (χ4v) is 4.61. The highest BCUT2D eigenvalue weighted by Gasteiger charge is 2.16. The average molecular weight is 751 g/mol. The number of carbonyl (C=O) groups is 3. The Kier molecular flexibility index (Phi) is 28.7. The Morgan fingerprint density at radius 2 is 1.68 bits per heavy atom. The number of methoxy groups -OCH3 is 1. The lowest BCUT2D eigenvalue weighted by molar-refractivity contribution is -0.757. The maximum absolute atomic E-state index is 13.5. The largest absolute Gasteiger partial charge is 0.493 e. The van der Waals surface area contributed by atoms with Crippen molar-refractivity contribution in [3.63, 3.8) is 0 Å². The standard InChI is InChI=1S/C21H28N2O9.C15H19FO.C2H6.CH3F/c1-3-4-5-6-9-19(24)22-15-20(25)32-17-11-10-16(14-18(17)29-2)21(26)30-12-7-8-13-31-23(27)28;16-14(11-10-13-6-4-5-7-13)12-17-15-8-2-1-3-9-15;2*1-2/h3-4,10-11,14H,5-9,12-13,15H2,1-2H3,(H,22,24);1-3,8-11,13-14H,4-7,12H2;1-2H3;1H3/b4-3-;11-10+;;. The molecule has 3 rings (SSSR count). The number of nitrogens with zero attached hydrogens (tertiary/aromatic N) is 1. The molecule has 1 aliphatic carbocycles. The number of halogens is 2. The van der Waals surface area contributed by atoms with E-state index in [1.165, 1.54) is 51.0 Å². The molecule has 0 bridgehead atoms. The second-order valence-corrected chi connectivity index (χ2v) is 11.0. The number of hydrogen-bond donors (Lipinski definition) is 1. The van der Waals surface area contributed by atoms with Gasteiger partial charge in [-0.15, -0.1) is 10.1 Å². The van der Waals surface area contributed by atoms with Crippen LogP contribution in [-0.2, 0) is 19.2 Å². The Balaban J connectivity index is 0.00000107. The number of benzene rings is 2. The van der Waals surface area contributed by atoms with Gasteiger partial charge in [0.15, 0.2) is 17.7 Å². The number of para-hydroxylation sites is 1. The van der Waals surface area contributed by atoms with Gasteiger partial charge in [-0.3, -0.25) is 9.18 Å². The highest BCUT2D eigenvalue weighted by atomic mass is 19.1. The monoisotopic (exact) mass is 750 g/mol. The molecule has 53 heavy (non-hydrogen) atoms. The van der Waals surface area contributed by atoms with E-state index < -0.39 is 23.2 Å². The van der Waals surface area contributed by atoms with Gasteiger partial charge in [0.1, 0.15) is 18.9 Å². The number of alkyl halides is 2. The second kappa shape index (κ2) is 31.7. The number of rotatable bonds is 20. The van der Waals surface area contributed by atoms with E-state index in [2.05, 4.69) is 10.2 Å². The summed E-state index contributed by atoms with van der Waals surface area (Å²) in [4.78, 5) is 50.0. The molecule has 0 aromatic heterocycles. The molecule has 14 heteroatoms. The first-order valence-corrected chi connectivity index (χ1v) is 17.8. The molecule has 1 unspecified atom stereocenters. The Morgan fingerprint density at radius 3 is 2.32 bits per heavy atom. The molecule has 1 saturated carbocycles. The summed E-state index contributed by atoms with van der Waals surface area (Å²) in [6, 6.07) is 13.5. The zero-order valence-electron chi connectivity index (χ0n) is 31.6. The summed E-state index contributed by atoms with van der Waals surface area (Å²) in [5.74, 6) is -0.00653. The van der Waals surface area contributed by atoms with Crippen LogP contribution < -0.4 is 19.5 Å². The van der Waals surface area contributed by atoms with Crippen LogP contribution in [0.25, 0.3) is 0 Å². The summed E-state index contributed by atoms with van der Waals surface area (Å²) in [5.41, 5.74) is 0.178. The minimum Gasteiger partial charge on any atom is -0.493 e. The maximum atomic E-state index is 13.5. The van der Waals surface area contributed by atoms with Crippen LogP contribution in [0.15, 0.2) is 72.8 Å². The molecule has 0 aliphatic heterocycles. The molecule has 0 spiro atoms. The molecule has 1 fully saturated rings. The maximum Gasteiger partial charge on any atom is 0.338 e. The van der Waals surface area contributed by atoms with Crippen LogP contribution in [0.1, 0.15) is 88.9 Å². The van der Waals surface area contributed by atoms with Crippen molar-refractivity contribution in [1.29, 1.82) is 0 Å². The molecule has 12 nitrogen and oxygen atoms in total. The van der Waals surface area contributed by atoms with Gasteiger partial charge in [-0.1, -0.05) is 69.2 Å². The summed E-state index contributed by atoms with van der Waals surface area (Å²) in [5, 5.41) is 11.6. The Hall–Kier alpha value is -5.01. The van der Waals surface area contributed by atoms with Crippen molar-refractivity contribution in [2.75, 3.05) is 40.7 Å². The van der Waals surface area contributed by atoms with Gasteiger partial charge < -0.3 is 29.1 Å². The molecule has 1 N–H and O–H groups in total. The molecule has 1 aliphatic rings. The SMILES string of the molecule is C/C=C\CCCC(=O)NCC(=O)Oc1ccc(C(=O)OCCCCO[N+](=O)[O-])cc1OC.CC.CF.FC(/C=C/C1CCCC1)COc1ccccc1. The molecule has 0 saturated heterocycles. The smallest absolute Gasteiger partial charge is 0.338 e. The van der Waals surface area contributed by atoms with Crippen molar-refractivity contribution in [2.24, 2.45) is 5.92 Å². The predicted molar refractivity (Wildman–Crippen MR) is 199 cm³/mol. The molecule has 1 amide bonds. The van der Waals surface area contributed by atoms with Gasteiger partial charge >= 0.3 is 11.9 Å². The van der Waals surface area contributed by atoms with Crippen molar-refractivity contribution in [1.82, 2.24) is 5.32 Å². The van der Waals surface area contributed by atoms with Crippen LogP contribution in [0.2, 0.25) is 0 Å². The molecular weight excluding hydrogens is 694 g/mol. The molecule has 2 aromatic carbocycles. The summed E-state index contributed by atoms with van der Waals surface area (Å²) in [6.45, 7) is 5.70. The molecule has 296 valence electrons. The third kappa shape index (κ3) is 24.0. The molecule has 2 aromatic rings. The van der Waals surface area contributed by atoms with E-state index in [0.717, 1.165) is 12.2 Å². The summed E-state index contributed by atoms with van der Waals surface area (Å²) >= 11 is 0. The minimum absolute atomic E-state index is 0.0629. The number of hydrogen-bond acceptors (Lipinski definition) is 10.